The summed E-state index contributed by atoms with van der Waals surface area (Å²) in [6.07, 6.45) is 3.61. The van der Waals surface area contributed by atoms with Crippen LogP contribution in [0.3, 0.4) is 0 Å². The minimum atomic E-state index is -0.625. The van der Waals surface area contributed by atoms with Crippen molar-refractivity contribution in [1.29, 1.82) is 0 Å². The number of rotatable bonds is 3. The summed E-state index contributed by atoms with van der Waals surface area (Å²) in [5.74, 6) is -0.278. The van der Waals surface area contributed by atoms with E-state index in [9.17, 15) is 14.3 Å². The second kappa shape index (κ2) is 5.84. The highest BCUT2D eigenvalue weighted by Crippen LogP contribution is 2.32. The van der Waals surface area contributed by atoms with Crippen molar-refractivity contribution in [2.24, 2.45) is 5.92 Å². The topological polar surface area (TPSA) is 62.2 Å². The highest BCUT2D eigenvalue weighted by Gasteiger charge is 2.29. The van der Waals surface area contributed by atoms with E-state index in [-0.39, 0.29) is 17.6 Å². The van der Waals surface area contributed by atoms with E-state index >= 15 is 0 Å². The van der Waals surface area contributed by atoms with Crippen molar-refractivity contribution in [2.75, 3.05) is 5.32 Å². The predicted octanol–water partition coefficient (Wildman–Crippen LogP) is 4.40. The molecule has 1 heterocycles. The van der Waals surface area contributed by atoms with E-state index in [1.807, 2.05) is 24.3 Å². The van der Waals surface area contributed by atoms with Crippen LogP contribution in [0.5, 0.6) is 5.75 Å². The summed E-state index contributed by atoms with van der Waals surface area (Å²) >= 11 is 0. The van der Waals surface area contributed by atoms with Crippen LogP contribution in [0.2, 0.25) is 0 Å². The maximum atomic E-state index is 13.4. The zero-order valence-corrected chi connectivity index (χ0v) is 13.7. The smallest absolute Gasteiger partial charge is 0.228 e. The summed E-state index contributed by atoms with van der Waals surface area (Å²) in [6, 6.07) is 10.4. The zero-order chi connectivity index (χ0) is 17.6. The molecule has 0 radical (unpaired) electrons. The Morgan fingerprint density at radius 2 is 2.00 bits per heavy atom. The van der Waals surface area contributed by atoms with Crippen LogP contribution in [0.4, 0.5) is 10.2 Å². The molecule has 0 unspecified atom stereocenters. The molecule has 2 N–H and O–H groups in total. The van der Waals surface area contributed by atoms with Crippen molar-refractivity contribution >= 4 is 22.5 Å². The van der Waals surface area contributed by atoms with Crippen LogP contribution in [0.25, 0.3) is 21.9 Å². The average molecular weight is 336 g/mol. The van der Waals surface area contributed by atoms with Crippen LogP contribution in [0, 0.1) is 18.7 Å². The number of nitrogens with one attached hydrogen (secondary N) is 1. The largest absolute Gasteiger partial charge is 0.505 e. The van der Waals surface area contributed by atoms with Gasteiger partial charge in [-0.1, -0.05) is 12.1 Å². The summed E-state index contributed by atoms with van der Waals surface area (Å²) in [5.41, 5.74) is 2.39. The molecule has 1 amide bonds. The van der Waals surface area contributed by atoms with Gasteiger partial charge in [-0.3, -0.25) is 4.79 Å². The Morgan fingerprint density at radius 3 is 2.76 bits per heavy atom. The van der Waals surface area contributed by atoms with Crippen molar-refractivity contribution in [3.8, 4) is 16.9 Å². The Morgan fingerprint density at radius 1 is 1.20 bits per heavy atom. The van der Waals surface area contributed by atoms with Crippen LogP contribution in [-0.2, 0) is 4.79 Å². The zero-order valence-electron chi connectivity index (χ0n) is 13.7. The molecule has 3 aromatic rings. The highest BCUT2D eigenvalue weighted by molar-refractivity contribution is 5.96. The van der Waals surface area contributed by atoms with Gasteiger partial charge in [0.15, 0.2) is 11.6 Å². The van der Waals surface area contributed by atoms with Crippen molar-refractivity contribution in [3.05, 3.63) is 54.0 Å². The maximum Gasteiger partial charge on any atom is 0.228 e. The van der Waals surface area contributed by atoms with E-state index in [0.29, 0.717) is 5.82 Å². The van der Waals surface area contributed by atoms with Crippen LogP contribution in [0.15, 0.2) is 42.6 Å². The summed E-state index contributed by atoms with van der Waals surface area (Å²) in [5, 5.41) is 14.3. The van der Waals surface area contributed by atoms with Crippen LogP contribution < -0.4 is 5.32 Å². The molecule has 1 aliphatic rings. The number of carbonyl (C=O) groups excluding carboxylic acids is 1. The fraction of sp³-hybridized carbons (Fsp3) is 0.200. The number of amides is 1. The van der Waals surface area contributed by atoms with Crippen molar-refractivity contribution in [3.63, 3.8) is 0 Å². The number of halogens is 1. The molecular formula is C20H17FN2O2. The number of phenolic OH excluding ortho intramolecular Hbond substituents is 1. The summed E-state index contributed by atoms with van der Waals surface area (Å²) < 4.78 is 13.4. The third-order valence-corrected chi connectivity index (χ3v) is 4.53. The van der Waals surface area contributed by atoms with E-state index in [4.69, 9.17) is 0 Å². The van der Waals surface area contributed by atoms with E-state index < -0.39 is 5.82 Å². The Labute approximate surface area is 144 Å². The van der Waals surface area contributed by atoms with Gasteiger partial charge in [0.1, 0.15) is 5.82 Å². The molecule has 4 rings (SSSR count). The SMILES string of the molecule is Cc1cc(F)c(O)cc1-c1ccc2cc(NC(=O)C3CC3)ncc2c1. The number of phenols is 1. The van der Waals surface area contributed by atoms with Crippen molar-refractivity contribution in [2.45, 2.75) is 19.8 Å². The first-order valence-electron chi connectivity index (χ1n) is 8.21. The van der Waals surface area contributed by atoms with Crippen molar-refractivity contribution < 1.29 is 14.3 Å². The van der Waals surface area contributed by atoms with Gasteiger partial charge in [0, 0.05) is 17.5 Å². The maximum absolute atomic E-state index is 13.4. The molecule has 0 aliphatic heterocycles. The predicted molar refractivity (Wildman–Crippen MR) is 94.9 cm³/mol. The van der Waals surface area contributed by atoms with Gasteiger partial charge in [-0.05, 0) is 66.1 Å². The number of hydrogen-bond donors (Lipinski definition) is 2. The molecule has 1 fully saturated rings. The number of hydrogen-bond acceptors (Lipinski definition) is 3. The Balaban J connectivity index is 1.69. The van der Waals surface area contributed by atoms with Gasteiger partial charge in [0.2, 0.25) is 5.91 Å². The first-order valence-corrected chi connectivity index (χ1v) is 8.21. The van der Waals surface area contributed by atoms with Gasteiger partial charge in [0.25, 0.3) is 0 Å². The average Bonchev–Trinajstić information content (AvgIpc) is 3.43. The lowest BCUT2D eigenvalue weighted by Gasteiger charge is -2.10. The fourth-order valence-corrected chi connectivity index (χ4v) is 2.92. The quantitative estimate of drug-likeness (QED) is 0.745. The van der Waals surface area contributed by atoms with Gasteiger partial charge >= 0.3 is 0 Å². The molecule has 1 aromatic heterocycles. The molecule has 1 saturated carbocycles. The van der Waals surface area contributed by atoms with Gasteiger partial charge in [-0.25, -0.2) is 9.37 Å². The second-order valence-corrected chi connectivity index (χ2v) is 6.51. The van der Waals surface area contributed by atoms with Crippen LogP contribution >= 0.6 is 0 Å². The lowest BCUT2D eigenvalue weighted by molar-refractivity contribution is -0.117. The summed E-state index contributed by atoms with van der Waals surface area (Å²) in [7, 11) is 0. The fourth-order valence-electron chi connectivity index (χ4n) is 2.92. The number of aromatic hydroxyl groups is 1. The number of aromatic nitrogens is 1. The minimum absolute atomic E-state index is 0.0286. The number of carbonyl (C=O) groups is 1. The lowest BCUT2D eigenvalue weighted by atomic mass is 9.98. The second-order valence-electron chi connectivity index (χ2n) is 6.51. The molecule has 25 heavy (non-hydrogen) atoms. The number of fused-ring (bicyclic) bond motifs is 1. The Kier molecular flexibility index (Phi) is 3.64. The van der Waals surface area contributed by atoms with Gasteiger partial charge < -0.3 is 10.4 Å². The third kappa shape index (κ3) is 3.05. The van der Waals surface area contributed by atoms with Gasteiger partial charge in [-0.2, -0.15) is 0 Å². The number of pyridine rings is 1. The summed E-state index contributed by atoms with van der Waals surface area (Å²) in [4.78, 5) is 16.1. The van der Waals surface area contributed by atoms with Gasteiger partial charge in [-0.15, -0.1) is 0 Å². The first-order chi connectivity index (χ1) is 12.0. The Hall–Kier alpha value is -2.95. The Bertz CT molecular complexity index is 996. The van der Waals surface area contributed by atoms with E-state index in [2.05, 4.69) is 10.3 Å². The first kappa shape index (κ1) is 15.6. The number of anilines is 1. The monoisotopic (exact) mass is 336 g/mol. The standard InChI is InChI=1S/C20H17FN2O2/c1-11-6-17(21)18(24)9-16(11)14-5-4-13-8-19(22-10-15(13)7-14)23-20(25)12-2-3-12/h4-10,12,24H,2-3H2,1H3,(H,22,23,25). The molecular weight excluding hydrogens is 319 g/mol. The molecule has 0 atom stereocenters. The molecule has 2 aromatic carbocycles. The molecule has 0 saturated heterocycles. The van der Waals surface area contributed by atoms with Gasteiger partial charge in [0.05, 0.1) is 0 Å². The molecule has 0 bridgehead atoms. The molecule has 1 aliphatic carbocycles. The summed E-state index contributed by atoms with van der Waals surface area (Å²) in [6.45, 7) is 1.80. The lowest BCUT2D eigenvalue weighted by Crippen LogP contribution is -2.14. The van der Waals surface area contributed by atoms with E-state index in [1.54, 1.807) is 13.1 Å². The minimum Gasteiger partial charge on any atom is -0.505 e. The highest BCUT2D eigenvalue weighted by atomic mass is 19.1. The third-order valence-electron chi connectivity index (χ3n) is 4.53. The van der Waals surface area contributed by atoms with Crippen molar-refractivity contribution in [1.82, 2.24) is 4.98 Å². The number of benzene rings is 2. The molecule has 5 heteroatoms. The van der Waals surface area contributed by atoms with Crippen LogP contribution in [-0.4, -0.2) is 16.0 Å². The van der Waals surface area contributed by atoms with E-state index in [1.165, 1.54) is 12.1 Å². The molecule has 4 nitrogen and oxygen atoms in total. The van der Waals surface area contributed by atoms with E-state index in [0.717, 1.165) is 40.3 Å². The van der Waals surface area contributed by atoms with Crippen LogP contribution in [0.1, 0.15) is 18.4 Å². The number of nitrogens with zero attached hydrogens (tertiary/aromatic N) is 1. The normalized spacial score (nSPS) is 13.8. The number of aryl methyl sites for hydroxylation is 1. The molecule has 0 spiro atoms. The molecule has 126 valence electrons.